The van der Waals surface area contributed by atoms with Crippen LogP contribution in [0, 0.1) is 0 Å². The molecule has 0 aliphatic carbocycles. The molecule has 0 unspecified atom stereocenters. The second-order valence-corrected chi connectivity index (χ2v) is 3.20. The third kappa shape index (κ3) is 2.17. The molecule has 0 aromatic carbocycles. The number of hydrogen-bond donors (Lipinski definition) is 3. The molecule has 1 fully saturated rings. The first kappa shape index (κ1) is 9.44. The van der Waals surface area contributed by atoms with Crippen LogP contribution in [0.4, 0.5) is 0 Å². The van der Waals surface area contributed by atoms with Crippen molar-refractivity contribution >= 4 is 5.97 Å². The zero-order valence-corrected chi connectivity index (χ0v) is 6.69. The predicted molar refractivity (Wildman–Crippen MR) is 40.6 cm³/mol. The first-order valence-corrected chi connectivity index (χ1v) is 3.82. The van der Waals surface area contributed by atoms with E-state index in [1.54, 1.807) is 0 Å². The van der Waals surface area contributed by atoms with Crippen LogP contribution in [0.2, 0.25) is 0 Å². The molecule has 4 N–H and O–H groups in total. The van der Waals surface area contributed by atoms with E-state index in [1.165, 1.54) is 0 Å². The predicted octanol–water partition coefficient (Wildman–Crippen LogP) is -1.06. The molecule has 0 aromatic heterocycles. The lowest BCUT2D eigenvalue weighted by Gasteiger charge is -2.36. The minimum Gasteiger partial charge on any atom is -0.480 e. The van der Waals surface area contributed by atoms with Crippen LogP contribution in [0.25, 0.3) is 0 Å². The topological polar surface area (TPSA) is 92.8 Å². The van der Waals surface area contributed by atoms with Gasteiger partial charge in [0, 0.05) is 0 Å². The summed E-state index contributed by atoms with van der Waals surface area (Å²) >= 11 is 0. The van der Waals surface area contributed by atoms with Crippen LogP contribution in [-0.2, 0) is 9.53 Å². The first-order valence-electron chi connectivity index (χ1n) is 3.82. The van der Waals surface area contributed by atoms with Gasteiger partial charge in [-0.2, -0.15) is 0 Å². The zero-order valence-electron chi connectivity index (χ0n) is 6.69. The molecule has 0 aromatic rings. The lowest BCUT2D eigenvalue weighted by atomic mass is 9.94. The standard InChI is InChI=1S/C7H13NO4/c8-5(6(9)10)1-2-7(11)3-12-4-7/h5,11H,1-4,8H2,(H,9,10)/t5-/m0/s1. The van der Waals surface area contributed by atoms with Crippen molar-refractivity contribution in [1.29, 1.82) is 0 Å². The number of carbonyl (C=O) groups is 1. The summed E-state index contributed by atoms with van der Waals surface area (Å²) in [5.41, 5.74) is 4.42. The van der Waals surface area contributed by atoms with Crippen LogP contribution in [0.1, 0.15) is 12.8 Å². The highest BCUT2D eigenvalue weighted by atomic mass is 16.5. The number of nitrogens with two attached hydrogens (primary N) is 1. The number of rotatable bonds is 4. The largest absolute Gasteiger partial charge is 0.480 e. The molecule has 1 aliphatic rings. The molecule has 1 atom stereocenters. The van der Waals surface area contributed by atoms with E-state index in [0.717, 1.165) is 0 Å². The summed E-state index contributed by atoms with van der Waals surface area (Å²) in [7, 11) is 0. The second kappa shape index (κ2) is 3.38. The summed E-state index contributed by atoms with van der Waals surface area (Å²) in [4.78, 5) is 10.3. The van der Waals surface area contributed by atoms with Gasteiger partial charge in [0.1, 0.15) is 11.6 Å². The summed E-state index contributed by atoms with van der Waals surface area (Å²) in [6.45, 7) is 0.582. The SMILES string of the molecule is N[C@@H](CCC1(O)COC1)C(=O)O. The third-order valence-electron chi connectivity index (χ3n) is 1.98. The number of carboxylic acid groups (broad SMARTS) is 1. The van der Waals surface area contributed by atoms with Gasteiger partial charge in [-0.3, -0.25) is 4.79 Å². The Morgan fingerprint density at radius 2 is 2.25 bits per heavy atom. The van der Waals surface area contributed by atoms with Gasteiger partial charge < -0.3 is 20.7 Å². The van der Waals surface area contributed by atoms with Gasteiger partial charge in [0.15, 0.2) is 0 Å². The molecule has 1 saturated heterocycles. The summed E-state index contributed by atoms with van der Waals surface area (Å²) in [6, 6.07) is -0.880. The van der Waals surface area contributed by atoms with Crippen molar-refractivity contribution < 1.29 is 19.7 Å². The average molecular weight is 175 g/mol. The normalized spacial score (nSPS) is 22.8. The highest BCUT2D eigenvalue weighted by molar-refractivity contribution is 5.72. The molecule has 1 heterocycles. The van der Waals surface area contributed by atoms with Crippen molar-refractivity contribution in [3.8, 4) is 0 Å². The van der Waals surface area contributed by atoms with Crippen molar-refractivity contribution in [1.82, 2.24) is 0 Å². The fourth-order valence-electron chi connectivity index (χ4n) is 1.03. The molecule has 1 rings (SSSR count). The van der Waals surface area contributed by atoms with Gasteiger partial charge in [-0.25, -0.2) is 0 Å². The minimum absolute atomic E-state index is 0.287. The van der Waals surface area contributed by atoms with E-state index in [0.29, 0.717) is 19.6 Å². The molecule has 0 bridgehead atoms. The number of aliphatic carboxylic acids is 1. The Hall–Kier alpha value is -0.650. The molecule has 0 radical (unpaired) electrons. The molecule has 0 amide bonds. The third-order valence-corrected chi connectivity index (χ3v) is 1.98. The van der Waals surface area contributed by atoms with Crippen LogP contribution in [-0.4, -0.2) is 41.0 Å². The van der Waals surface area contributed by atoms with E-state index in [2.05, 4.69) is 0 Å². The average Bonchev–Trinajstić information content (AvgIpc) is 1.96. The van der Waals surface area contributed by atoms with Crippen LogP contribution >= 0.6 is 0 Å². The Labute approximate surface area is 70.1 Å². The first-order chi connectivity index (χ1) is 5.53. The Balaban J connectivity index is 2.20. The van der Waals surface area contributed by atoms with Gasteiger partial charge in [0.2, 0.25) is 0 Å². The van der Waals surface area contributed by atoms with E-state index in [-0.39, 0.29) is 6.42 Å². The summed E-state index contributed by atoms with van der Waals surface area (Å²) in [6.07, 6.45) is 0.676. The maximum atomic E-state index is 10.3. The highest BCUT2D eigenvalue weighted by Crippen LogP contribution is 2.22. The Morgan fingerprint density at radius 1 is 1.67 bits per heavy atom. The van der Waals surface area contributed by atoms with Crippen molar-refractivity contribution in [3.63, 3.8) is 0 Å². The van der Waals surface area contributed by atoms with Gasteiger partial charge in [0.25, 0.3) is 0 Å². The van der Waals surface area contributed by atoms with Gasteiger partial charge in [0.05, 0.1) is 13.2 Å². The summed E-state index contributed by atoms with van der Waals surface area (Å²) < 4.78 is 4.79. The van der Waals surface area contributed by atoms with Crippen LogP contribution in [0.5, 0.6) is 0 Å². The van der Waals surface area contributed by atoms with Crippen molar-refractivity contribution in [2.75, 3.05) is 13.2 Å². The smallest absolute Gasteiger partial charge is 0.320 e. The van der Waals surface area contributed by atoms with Crippen molar-refractivity contribution in [2.24, 2.45) is 5.73 Å². The number of aliphatic hydroxyl groups is 1. The molecule has 0 spiro atoms. The van der Waals surface area contributed by atoms with Crippen LogP contribution < -0.4 is 5.73 Å². The summed E-state index contributed by atoms with van der Waals surface area (Å²) in [5.74, 6) is -1.03. The maximum absolute atomic E-state index is 10.3. The van der Waals surface area contributed by atoms with E-state index < -0.39 is 17.6 Å². The van der Waals surface area contributed by atoms with Crippen LogP contribution in [0.3, 0.4) is 0 Å². The van der Waals surface area contributed by atoms with Crippen molar-refractivity contribution in [2.45, 2.75) is 24.5 Å². The Bertz CT molecular complexity index is 178. The molecule has 70 valence electrons. The van der Waals surface area contributed by atoms with Gasteiger partial charge in [-0.1, -0.05) is 0 Å². The zero-order chi connectivity index (χ0) is 9.19. The fraction of sp³-hybridized carbons (Fsp3) is 0.857. The van der Waals surface area contributed by atoms with Crippen LogP contribution in [0.15, 0.2) is 0 Å². The van der Waals surface area contributed by atoms with Gasteiger partial charge in [-0.15, -0.1) is 0 Å². The number of ether oxygens (including phenoxy) is 1. The molecular weight excluding hydrogens is 162 g/mol. The molecule has 5 nitrogen and oxygen atoms in total. The molecule has 1 aliphatic heterocycles. The van der Waals surface area contributed by atoms with E-state index in [9.17, 15) is 9.90 Å². The second-order valence-electron chi connectivity index (χ2n) is 3.20. The quantitative estimate of drug-likeness (QED) is 0.506. The summed E-state index contributed by atoms with van der Waals surface area (Å²) in [5, 5.41) is 17.9. The monoisotopic (exact) mass is 175 g/mol. The molecular formula is C7H13NO4. The molecule has 12 heavy (non-hydrogen) atoms. The van der Waals surface area contributed by atoms with Crippen molar-refractivity contribution in [3.05, 3.63) is 0 Å². The lowest BCUT2D eigenvalue weighted by molar-refractivity contribution is -0.182. The highest BCUT2D eigenvalue weighted by Gasteiger charge is 2.36. The van der Waals surface area contributed by atoms with Gasteiger partial charge >= 0.3 is 5.97 Å². The molecule has 0 saturated carbocycles. The number of hydrogen-bond acceptors (Lipinski definition) is 4. The lowest BCUT2D eigenvalue weighted by Crippen LogP contribution is -2.50. The van der Waals surface area contributed by atoms with E-state index in [4.69, 9.17) is 15.6 Å². The van der Waals surface area contributed by atoms with Gasteiger partial charge in [-0.05, 0) is 12.8 Å². The Kier molecular flexibility index (Phi) is 2.66. The van der Waals surface area contributed by atoms with E-state index >= 15 is 0 Å². The van der Waals surface area contributed by atoms with E-state index in [1.807, 2.05) is 0 Å². The molecule has 5 heteroatoms. The fourth-order valence-corrected chi connectivity index (χ4v) is 1.03. The number of carboxylic acids is 1. The maximum Gasteiger partial charge on any atom is 0.320 e. The Morgan fingerprint density at radius 3 is 2.58 bits per heavy atom. The minimum atomic E-state index is -1.03.